The number of carbonyl (C=O) groups is 1. The smallest absolute Gasteiger partial charge is 0.340 e. The molecule has 0 atom stereocenters. The zero-order valence-electron chi connectivity index (χ0n) is 15.1. The zero-order chi connectivity index (χ0) is 20.5. The first-order valence-electron chi connectivity index (χ1n) is 8.51. The van der Waals surface area contributed by atoms with E-state index in [-0.39, 0.29) is 16.8 Å². The number of rotatable bonds is 5. The summed E-state index contributed by atoms with van der Waals surface area (Å²) in [5.74, 6) is -1.93. The lowest BCUT2D eigenvalue weighted by Gasteiger charge is -2.11. The topological polar surface area (TPSA) is 80.0 Å². The van der Waals surface area contributed by atoms with E-state index in [0.717, 1.165) is 16.5 Å². The molecule has 9 heteroatoms. The number of aromatic nitrogens is 3. The molecule has 2 heterocycles. The van der Waals surface area contributed by atoms with Crippen molar-refractivity contribution in [2.75, 3.05) is 5.32 Å². The van der Waals surface area contributed by atoms with E-state index in [1.807, 2.05) is 41.4 Å². The van der Waals surface area contributed by atoms with Gasteiger partial charge in [-0.15, -0.1) is 0 Å². The zero-order valence-corrected chi connectivity index (χ0v) is 16.6. The van der Waals surface area contributed by atoms with Crippen LogP contribution in [0.3, 0.4) is 0 Å². The van der Waals surface area contributed by atoms with E-state index in [9.17, 15) is 14.3 Å². The van der Waals surface area contributed by atoms with E-state index in [2.05, 4.69) is 15.3 Å². The van der Waals surface area contributed by atoms with Crippen molar-refractivity contribution >= 4 is 52.1 Å². The number of fused-ring (bicyclic) bond motifs is 1. The highest BCUT2D eigenvalue weighted by Gasteiger charge is 2.18. The van der Waals surface area contributed by atoms with Crippen molar-refractivity contribution in [1.29, 1.82) is 0 Å². The summed E-state index contributed by atoms with van der Waals surface area (Å²) < 4.78 is 15.8. The number of nitrogens with one attached hydrogen (secondary N) is 1. The van der Waals surface area contributed by atoms with Gasteiger partial charge in [0.1, 0.15) is 17.2 Å². The Morgan fingerprint density at radius 1 is 1.17 bits per heavy atom. The minimum Gasteiger partial charge on any atom is -0.478 e. The first-order chi connectivity index (χ1) is 13.9. The molecule has 2 aromatic carbocycles. The summed E-state index contributed by atoms with van der Waals surface area (Å²) in [4.78, 5) is 20.9. The molecule has 0 aliphatic rings. The number of anilines is 2. The van der Waals surface area contributed by atoms with E-state index < -0.39 is 17.3 Å². The van der Waals surface area contributed by atoms with Gasteiger partial charge in [-0.2, -0.15) is 9.97 Å². The molecular formula is C20H14ClFN4O2S. The van der Waals surface area contributed by atoms with Crippen LogP contribution in [0.15, 0.2) is 59.6 Å². The summed E-state index contributed by atoms with van der Waals surface area (Å²) in [5, 5.41) is 12.8. The second kappa shape index (κ2) is 7.73. The molecule has 2 aromatic heterocycles. The van der Waals surface area contributed by atoms with Gasteiger partial charge in [-0.1, -0.05) is 23.8 Å². The van der Waals surface area contributed by atoms with E-state index in [1.165, 1.54) is 24.1 Å². The van der Waals surface area contributed by atoms with Crippen LogP contribution in [0.1, 0.15) is 15.9 Å². The third-order valence-corrected chi connectivity index (χ3v) is 5.33. The van der Waals surface area contributed by atoms with Crippen molar-refractivity contribution in [3.8, 4) is 0 Å². The van der Waals surface area contributed by atoms with E-state index in [4.69, 9.17) is 11.6 Å². The summed E-state index contributed by atoms with van der Waals surface area (Å²) in [6.45, 7) is 2.02. The molecule has 6 nitrogen and oxygen atoms in total. The molecule has 4 aromatic rings. The third kappa shape index (κ3) is 3.90. The average molecular weight is 429 g/mol. The standard InChI is InChI=1S/C20H14ClFN4O2S/c1-11-5-7-12(8-6-11)29-26-10-9-13-17(24-20(21)25-18(13)26)23-15-4-2-3-14(22)16(15)19(27)28/h2-10H,1H3,(H,27,28)(H,23,24,25). The van der Waals surface area contributed by atoms with Crippen LogP contribution in [0.2, 0.25) is 5.28 Å². The van der Waals surface area contributed by atoms with Gasteiger partial charge in [0.05, 0.1) is 11.1 Å². The number of hydrogen-bond acceptors (Lipinski definition) is 5. The van der Waals surface area contributed by atoms with Gasteiger partial charge in [0.25, 0.3) is 0 Å². The van der Waals surface area contributed by atoms with Crippen LogP contribution >= 0.6 is 23.5 Å². The number of carboxylic acid groups (broad SMARTS) is 1. The molecule has 0 saturated carbocycles. The second-order valence-corrected chi connectivity index (χ2v) is 7.60. The number of halogens is 2. The Bertz CT molecular complexity index is 1230. The number of nitrogens with zero attached hydrogens (tertiary/aromatic N) is 3. The van der Waals surface area contributed by atoms with Crippen molar-refractivity contribution in [3.05, 3.63) is 77.0 Å². The van der Waals surface area contributed by atoms with Crippen LogP contribution in [-0.2, 0) is 0 Å². The minimum atomic E-state index is -1.38. The third-order valence-electron chi connectivity index (χ3n) is 4.19. The minimum absolute atomic E-state index is 0.0160. The molecule has 0 fully saturated rings. The molecule has 146 valence electrons. The largest absolute Gasteiger partial charge is 0.478 e. The van der Waals surface area contributed by atoms with Crippen molar-refractivity contribution in [1.82, 2.24) is 13.9 Å². The van der Waals surface area contributed by atoms with E-state index >= 15 is 0 Å². The fourth-order valence-electron chi connectivity index (χ4n) is 2.82. The van der Waals surface area contributed by atoms with Gasteiger partial charge in [-0.05, 0) is 60.8 Å². The van der Waals surface area contributed by atoms with Gasteiger partial charge in [0, 0.05) is 11.1 Å². The van der Waals surface area contributed by atoms with E-state index in [0.29, 0.717) is 11.0 Å². The number of aryl methyl sites for hydroxylation is 1. The normalized spacial score (nSPS) is 11.0. The quantitative estimate of drug-likeness (QED) is 0.407. The molecule has 0 spiro atoms. The van der Waals surface area contributed by atoms with Crippen LogP contribution in [0.25, 0.3) is 11.0 Å². The highest BCUT2D eigenvalue weighted by Crippen LogP contribution is 2.32. The van der Waals surface area contributed by atoms with Crippen molar-refractivity contribution in [3.63, 3.8) is 0 Å². The Hall–Kier alpha value is -3.10. The van der Waals surface area contributed by atoms with Gasteiger partial charge in [0.15, 0.2) is 5.65 Å². The van der Waals surface area contributed by atoms with Crippen LogP contribution in [0.4, 0.5) is 15.9 Å². The molecule has 29 heavy (non-hydrogen) atoms. The summed E-state index contributed by atoms with van der Waals surface area (Å²) >= 11 is 7.55. The van der Waals surface area contributed by atoms with Gasteiger partial charge in [-0.25, -0.2) is 9.18 Å². The van der Waals surface area contributed by atoms with Gasteiger partial charge < -0.3 is 10.4 Å². The Morgan fingerprint density at radius 2 is 1.93 bits per heavy atom. The van der Waals surface area contributed by atoms with Gasteiger partial charge in [0.2, 0.25) is 5.28 Å². The number of aromatic carboxylic acids is 1. The van der Waals surface area contributed by atoms with Crippen LogP contribution in [0.5, 0.6) is 0 Å². The number of hydrogen-bond donors (Lipinski definition) is 2. The Kier molecular flexibility index (Phi) is 5.12. The first kappa shape index (κ1) is 19.2. The maximum absolute atomic E-state index is 14.0. The Morgan fingerprint density at radius 3 is 2.66 bits per heavy atom. The number of benzene rings is 2. The molecule has 0 saturated heterocycles. The Balaban J connectivity index is 1.75. The summed E-state index contributed by atoms with van der Waals surface area (Å²) in [6.07, 6.45) is 1.81. The van der Waals surface area contributed by atoms with E-state index in [1.54, 1.807) is 6.07 Å². The fourth-order valence-corrected chi connectivity index (χ4v) is 3.82. The lowest BCUT2D eigenvalue weighted by Crippen LogP contribution is -2.07. The molecule has 0 unspecified atom stereocenters. The highest BCUT2D eigenvalue weighted by molar-refractivity contribution is 7.98. The predicted octanol–water partition coefficient (Wildman–Crippen LogP) is 5.53. The number of carboxylic acids is 1. The van der Waals surface area contributed by atoms with Crippen LogP contribution in [0, 0.1) is 12.7 Å². The summed E-state index contributed by atoms with van der Waals surface area (Å²) in [6, 6.07) is 13.8. The average Bonchev–Trinajstić information content (AvgIpc) is 3.06. The monoisotopic (exact) mass is 428 g/mol. The molecule has 0 bridgehead atoms. The summed E-state index contributed by atoms with van der Waals surface area (Å²) in [7, 11) is 0. The first-order valence-corrected chi connectivity index (χ1v) is 9.66. The SMILES string of the molecule is Cc1ccc(Sn2ccc3c(Nc4cccc(F)c4C(=O)O)nc(Cl)nc32)cc1. The molecule has 0 radical (unpaired) electrons. The highest BCUT2D eigenvalue weighted by atomic mass is 35.5. The van der Waals surface area contributed by atoms with Crippen molar-refractivity contribution < 1.29 is 14.3 Å². The maximum Gasteiger partial charge on any atom is 0.340 e. The molecule has 2 N–H and O–H groups in total. The van der Waals surface area contributed by atoms with Crippen LogP contribution in [-0.4, -0.2) is 25.0 Å². The second-order valence-electron chi connectivity index (χ2n) is 6.22. The lowest BCUT2D eigenvalue weighted by atomic mass is 10.1. The van der Waals surface area contributed by atoms with Gasteiger partial charge >= 0.3 is 5.97 Å². The predicted molar refractivity (Wildman–Crippen MR) is 112 cm³/mol. The van der Waals surface area contributed by atoms with Gasteiger partial charge in [-0.3, -0.25) is 3.97 Å². The maximum atomic E-state index is 14.0. The molecule has 0 amide bonds. The summed E-state index contributed by atoms with van der Waals surface area (Å²) in [5.41, 5.74) is 1.32. The molecule has 0 aliphatic carbocycles. The van der Waals surface area contributed by atoms with Crippen molar-refractivity contribution in [2.45, 2.75) is 11.8 Å². The fraction of sp³-hybridized carbons (Fsp3) is 0.0500. The molecule has 4 rings (SSSR count). The van der Waals surface area contributed by atoms with Crippen molar-refractivity contribution in [2.24, 2.45) is 0 Å². The Labute approximate surface area is 174 Å². The molecular weight excluding hydrogens is 415 g/mol. The molecule has 0 aliphatic heterocycles. The van der Waals surface area contributed by atoms with Crippen LogP contribution < -0.4 is 5.32 Å². The lowest BCUT2D eigenvalue weighted by molar-refractivity contribution is 0.0693.